The summed E-state index contributed by atoms with van der Waals surface area (Å²) in [6.07, 6.45) is 1.89. The minimum Gasteiger partial charge on any atom is -0.395 e. The van der Waals surface area contributed by atoms with Crippen LogP contribution in [0.3, 0.4) is 0 Å². The third-order valence-corrected chi connectivity index (χ3v) is 6.19. The maximum Gasteiger partial charge on any atom is 0.433 e. The van der Waals surface area contributed by atoms with Gasteiger partial charge in [-0.25, -0.2) is 13.4 Å². The highest BCUT2D eigenvalue weighted by Crippen LogP contribution is 2.20. The molecule has 0 radical (unpaired) electrons. The average molecular weight is 397 g/mol. The predicted molar refractivity (Wildman–Crippen MR) is 92.6 cm³/mol. The zero-order valence-corrected chi connectivity index (χ0v) is 15.7. The Balaban J connectivity index is 1.73. The third-order valence-electron chi connectivity index (χ3n) is 4.42. The molecule has 1 saturated heterocycles. The van der Waals surface area contributed by atoms with E-state index in [9.17, 15) is 23.3 Å². The second kappa shape index (κ2) is 7.12. The monoisotopic (exact) mass is 397 g/mol. The largest absolute Gasteiger partial charge is 0.433 e. The molecule has 0 saturated carbocycles. The molecule has 12 heteroatoms. The molecular formula is C15H19N5O6S. The van der Waals surface area contributed by atoms with Crippen LogP contribution in [0, 0.1) is 17.0 Å². The summed E-state index contributed by atoms with van der Waals surface area (Å²) in [7, 11) is -2.04. The zero-order valence-electron chi connectivity index (χ0n) is 14.9. The van der Waals surface area contributed by atoms with Crippen molar-refractivity contribution in [3.63, 3.8) is 0 Å². The molecule has 146 valence electrons. The summed E-state index contributed by atoms with van der Waals surface area (Å²) >= 11 is 0. The van der Waals surface area contributed by atoms with E-state index < -0.39 is 26.7 Å². The first kappa shape index (κ1) is 19.0. The Morgan fingerprint density at radius 2 is 2.00 bits per heavy atom. The molecule has 0 aromatic carbocycles. The summed E-state index contributed by atoms with van der Waals surface area (Å²) in [5.74, 6) is -0.572. The van der Waals surface area contributed by atoms with Gasteiger partial charge in [0, 0.05) is 39.4 Å². The number of furan rings is 1. The molecule has 0 bridgehead atoms. The molecule has 3 heterocycles. The summed E-state index contributed by atoms with van der Waals surface area (Å²) in [5.41, 5.74) is 0. The molecule has 1 amide bonds. The van der Waals surface area contributed by atoms with Crippen molar-refractivity contribution < 1.29 is 22.6 Å². The number of rotatable bonds is 4. The van der Waals surface area contributed by atoms with Gasteiger partial charge in [0.2, 0.25) is 0 Å². The lowest BCUT2D eigenvalue weighted by Crippen LogP contribution is -2.37. The maximum absolute atomic E-state index is 12.8. The molecule has 0 atom stereocenters. The van der Waals surface area contributed by atoms with Crippen molar-refractivity contribution >= 4 is 21.8 Å². The Bertz CT molecular complexity index is 959. The summed E-state index contributed by atoms with van der Waals surface area (Å²) in [6, 6.07) is 2.36. The molecule has 27 heavy (non-hydrogen) atoms. The minimum absolute atomic E-state index is 0.0241. The van der Waals surface area contributed by atoms with Crippen LogP contribution in [0.15, 0.2) is 27.8 Å². The van der Waals surface area contributed by atoms with Crippen LogP contribution in [0.25, 0.3) is 0 Å². The average Bonchev–Trinajstić information content (AvgIpc) is 3.14. The lowest BCUT2D eigenvalue weighted by Gasteiger charge is -2.20. The summed E-state index contributed by atoms with van der Waals surface area (Å²) in [5, 5.41) is 10.7. The van der Waals surface area contributed by atoms with Crippen molar-refractivity contribution in [2.75, 3.05) is 26.2 Å². The summed E-state index contributed by atoms with van der Waals surface area (Å²) in [6.45, 7) is 2.54. The highest BCUT2D eigenvalue weighted by atomic mass is 32.2. The van der Waals surface area contributed by atoms with E-state index in [4.69, 9.17) is 4.42 Å². The van der Waals surface area contributed by atoms with Gasteiger partial charge in [0.1, 0.15) is 10.7 Å². The summed E-state index contributed by atoms with van der Waals surface area (Å²) < 4.78 is 33.4. The quantitative estimate of drug-likeness (QED) is 0.550. The Kier molecular flexibility index (Phi) is 5.02. The smallest absolute Gasteiger partial charge is 0.395 e. The Hall–Kier alpha value is -2.73. The Morgan fingerprint density at radius 1 is 1.26 bits per heavy atom. The third kappa shape index (κ3) is 3.71. The molecule has 1 fully saturated rings. The van der Waals surface area contributed by atoms with E-state index in [2.05, 4.69) is 4.98 Å². The van der Waals surface area contributed by atoms with E-state index in [0.717, 1.165) is 6.07 Å². The lowest BCUT2D eigenvalue weighted by atomic mass is 10.3. The fourth-order valence-electron chi connectivity index (χ4n) is 2.82. The van der Waals surface area contributed by atoms with E-state index in [0.29, 0.717) is 18.8 Å². The molecule has 2 aromatic heterocycles. The van der Waals surface area contributed by atoms with Crippen molar-refractivity contribution in [2.24, 2.45) is 7.05 Å². The molecule has 0 unspecified atom stereocenters. The number of aryl methyl sites for hydroxylation is 2. The van der Waals surface area contributed by atoms with Gasteiger partial charge in [0.05, 0.1) is 6.07 Å². The Morgan fingerprint density at radius 3 is 2.59 bits per heavy atom. The van der Waals surface area contributed by atoms with Gasteiger partial charge >= 0.3 is 5.88 Å². The molecule has 0 spiro atoms. The van der Waals surface area contributed by atoms with Crippen molar-refractivity contribution in [3.8, 4) is 0 Å². The van der Waals surface area contributed by atoms with Crippen LogP contribution in [-0.4, -0.2) is 64.2 Å². The van der Waals surface area contributed by atoms with Crippen molar-refractivity contribution in [3.05, 3.63) is 40.0 Å². The number of amides is 1. The van der Waals surface area contributed by atoms with Gasteiger partial charge < -0.3 is 13.9 Å². The number of nitrogens with zero attached hydrogens (tertiary/aromatic N) is 5. The number of imidazole rings is 1. The molecule has 1 aliphatic rings. The number of hydrogen-bond acceptors (Lipinski definition) is 7. The SMILES string of the molecule is Cc1nc(S(=O)(=O)N2CCCN(C(=O)c3ccc([N+](=O)[O-])o3)CC2)cn1C. The van der Waals surface area contributed by atoms with Gasteiger partial charge in [-0.15, -0.1) is 0 Å². The predicted octanol–water partition coefficient (Wildman–Crippen LogP) is 0.767. The van der Waals surface area contributed by atoms with Crippen LogP contribution in [0.4, 0.5) is 5.88 Å². The minimum atomic E-state index is -3.76. The fourth-order valence-corrected chi connectivity index (χ4v) is 4.31. The standard InChI is InChI=1S/C15H19N5O6S/c1-11-16-13(10-17(11)2)27(24,25)19-7-3-6-18(8-9-19)15(21)12-4-5-14(26-12)20(22)23/h4-5,10H,3,6-9H2,1-2H3. The molecule has 11 nitrogen and oxygen atoms in total. The van der Waals surface area contributed by atoms with Crippen LogP contribution in [0.5, 0.6) is 0 Å². The topological polar surface area (TPSA) is 132 Å². The second-order valence-electron chi connectivity index (χ2n) is 6.18. The van der Waals surface area contributed by atoms with E-state index in [1.165, 1.54) is 21.5 Å². The van der Waals surface area contributed by atoms with Crippen LogP contribution in [0.1, 0.15) is 22.8 Å². The number of carbonyl (C=O) groups excluding carboxylic acids is 1. The van der Waals surface area contributed by atoms with Gasteiger partial charge in [0.15, 0.2) is 10.8 Å². The van der Waals surface area contributed by atoms with E-state index in [-0.39, 0.29) is 30.4 Å². The Labute approximate surface area is 155 Å². The van der Waals surface area contributed by atoms with Crippen LogP contribution in [-0.2, 0) is 17.1 Å². The highest BCUT2D eigenvalue weighted by Gasteiger charge is 2.31. The van der Waals surface area contributed by atoms with Crippen LogP contribution >= 0.6 is 0 Å². The van der Waals surface area contributed by atoms with Gasteiger partial charge in [-0.2, -0.15) is 4.31 Å². The van der Waals surface area contributed by atoms with Crippen molar-refractivity contribution in [2.45, 2.75) is 18.4 Å². The molecule has 1 aliphatic heterocycles. The molecule has 2 aromatic rings. The van der Waals surface area contributed by atoms with E-state index in [1.54, 1.807) is 18.5 Å². The van der Waals surface area contributed by atoms with E-state index >= 15 is 0 Å². The molecule has 0 N–H and O–H groups in total. The fraction of sp³-hybridized carbons (Fsp3) is 0.467. The van der Waals surface area contributed by atoms with Crippen LogP contribution < -0.4 is 0 Å². The number of nitro groups is 1. The second-order valence-corrected chi connectivity index (χ2v) is 8.07. The highest BCUT2D eigenvalue weighted by molar-refractivity contribution is 7.89. The zero-order chi connectivity index (χ0) is 19.8. The van der Waals surface area contributed by atoms with E-state index in [1.807, 2.05) is 0 Å². The lowest BCUT2D eigenvalue weighted by molar-refractivity contribution is -0.402. The number of aromatic nitrogens is 2. The van der Waals surface area contributed by atoms with Gasteiger partial charge in [0.25, 0.3) is 15.9 Å². The molecule has 0 aliphatic carbocycles. The molecular weight excluding hydrogens is 378 g/mol. The van der Waals surface area contributed by atoms with Crippen molar-refractivity contribution in [1.82, 2.24) is 18.8 Å². The first-order valence-corrected chi connectivity index (χ1v) is 9.68. The number of sulfonamides is 1. The van der Waals surface area contributed by atoms with Gasteiger partial charge in [-0.05, 0) is 19.4 Å². The van der Waals surface area contributed by atoms with Crippen molar-refractivity contribution in [1.29, 1.82) is 0 Å². The number of hydrogen-bond donors (Lipinski definition) is 0. The summed E-state index contributed by atoms with van der Waals surface area (Å²) in [4.78, 5) is 28.0. The maximum atomic E-state index is 12.8. The van der Waals surface area contributed by atoms with Gasteiger partial charge in [-0.1, -0.05) is 0 Å². The van der Waals surface area contributed by atoms with Crippen LogP contribution in [0.2, 0.25) is 0 Å². The first-order valence-electron chi connectivity index (χ1n) is 8.24. The molecule has 3 rings (SSSR count). The van der Waals surface area contributed by atoms with Gasteiger partial charge in [-0.3, -0.25) is 14.9 Å². The first-order chi connectivity index (χ1) is 12.7. The number of carbonyl (C=O) groups is 1. The normalized spacial score (nSPS) is 16.3.